The summed E-state index contributed by atoms with van der Waals surface area (Å²) in [6.07, 6.45) is 5.68. The number of aryl methyl sites for hydroxylation is 1. The third-order valence-electron chi connectivity index (χ3n) is 7.39. The molecule has 3 heterocycles. The molecule has 1 aromatic heterocycles. The standard InChI is InChI=1S/C23H28N2O3S2/c26-22(19-8-13-25(14-9-19)30(27,28)21-6-3-17-29-21)24-15-11-23(12-16-24)10-7-18-4-1-2-5-20(18)23/h1-6,17,19H,7-16H2. The van der Waals surface area contributed by atoms with Gasteiger partial charge in [-0.05, 0) is 66.5 Å². The minimum absolute atomic E-state index is 0.0512. The smallest absolute Gasteiger partial charge is 0.252 e. The van der Waals surface area contributed by atoms with Crippen LogP contribution in [0, 0.1) is 5.92 Å². The maximum Gasteiger partial charge on any atom is 0.252 e. The van der Waals surface area contributed by atoms with E-state index in [1.165, 1.54) is 28.9 Å². The Kier molecular flexibility index (Phi) is 5.24. The summed E-state index contributed by atoms with van der Waals surface area (Å²) in [5.74, 6) is 0.175. The average Bonchev–Trinajstić information content (AvgIpc) is 3.44. The molecule has 2 saturated heterocycles. The number of benzene rings is 1. The van der Waals surface area contributed by atoms with E-state index in [9.17, 15) is 13.2 Å². The molecule has 0 radical (unpaired) electrons. The molecule has 0 N–H and O–H groups in total. The summed E-state index contributed by atoms with van der Waals surface area (Å²) in [5.41, 5.74) is 3.24. The molecule has 1 aliphatic carbocycles. The second kappa shape index (κ2) is 7.77. The molecule has 3 aliphatic rings. The molecule has 2 aromatic rings. The molecule has 1 aromatic carbocycles. The fourth-order valence-electron chi connectivity index (χ4n) is 5.58. The minimum Gasteiger partial charge on any atom is -0.342 e. The van der Waals surface area contributed by atoms with Crippen LogP contribution in [-0.4, -0.2) is 49.7 Å². The predicted octanol–water partition coefficient (Wildman–Crippen LogP) is 3.66. The Morgan fingerprint density at radius 1 is 0.967 bits per heavy atom. The van der Waals surface area contributed by atoms with Crippen molar-refractivity contribution < 1.29 is 13.2 Å². The zero-order valence-corrected chi connectivity index (χ0v) is 18.8. The molecule has 2 fully saturated rings. The summed E-state index contributed by atoms with van der Waals surface area (Å²) in [7, 11) is -3.41. The van der Waals surface area contributed by atoms with Gasteiger partial charge in [-0.2, -0.15) is 4.31 Å². The Balaban J connectivity index is 1.19. The van der Waals surface area contributed by atoms with Gasteiger partial charge in [-0.15, -0.1) is 11.3 Å². The first-order valence-electron chi connectivity index (χ1n) is 10.9. The first kappa shape index (κ1) is 20.2. The second-order valence-corrected chi connectivity index (χ2v) is 12.0. The number of nitrogens with zero attached hydrogens (tertiary/aromatic N) is 2. The van der Waals surface area contributed by atoms with Gasteiger partial charge in [0.1, 0.15) is 4.21 Å². The van der Waals surface area contributed by atoms with E-state index in [4.69, 9.17) is 0 Å². The molecule has 30 heavy (non-hydrogen) atoms. The number of carbonyl (C=O) groups excluding carboxylic acids is 1. The van der Waals surface area contributed by atoms with Gasteiger partial charge < -0.3 is 4.90 Å². The average molecular weight is 445 g/mol. The number of fused-ring (bicyclic) bond motifs is 2. The van der Waals surface area contributed by atoms with Crippen molar-refractivity contribution in [1.82, 2.24) is 9.21 Å². The number of thiophene rings is 1. The Bertz CT molecular complexity index is 1020. The largest absolute Gasteiger partial charge is 0.342 e. The molecule has 5 rings (SSSR count). The van der Waals surface area contributed by atoms with E-state index in [-0.39, 0.29) is 17.2 Å². The van der Waals surface area contributed by atoms with E-state index < -0.39 is 10.0 Å². The first-order valence-corrected chi connectivity index (χ1v) is 13.2. The van der Waals surface area contributed by atoms with E-state index in [0.29, 0.717) is 30.1 Å². The summed E-state index contributed by atoms with van der Waals surface area (Å²) in [6, 6.07) is 12.2. The normalized spacial score (nSPS) is 22.3. The van der Waals surface area contributed by atoms with Gasteiger partial charge in [0.2, 0.25) is 5.91 Å². The molecule has 160 valence electrons. The maximum atomic E-state index is 13.1. The van der Waals surface area contributed by atoms with Gasteiger partial charge in [0.15, 0.2) is 0 Å². The highest BCUT2D eigenvalue weighted by atomic mass is 32.2. The minimum atomic E-state index is -3.41. The first-order chi connectivity index (χ1) is 14.5. The van der Waals surface area contributed by atoms with Crippen molar-refractivity contribution in [1.29, 1.82) is 0 Å². The summed E-state index contributed by atoms with van der Waals surface area (Å²) >= 11 is 1.25. The van der Waals surface area contributed by atoms with Crippen LogP contribution in [-0.2, 0) is 26.7 Å². The molecule has 1 spiro atoms. The van der Waals surface area contributed by atoms with Crippen molar-refractivity contribution in [3.63, 3.8) is 0 Å². The highest BCUT2D eigenvalue weighted by Gasteiger charge is 2.43. The van der Waals surface area contributed by atoms with Gasteiger partial charge in [-0.25, -0.2) is 8.42 Å². The Hall–Kier alpha value is -1.70. The van der Waals surface area contributed by atoms with Crippen LogP contribution >= 0.6 is 11.3 Å². The van der Waals surface area contributed by atoms with E-state index in [0.717, 1.165) is 32.4 Å². The van der Waals surface area contributed by atoms with Crippen molar-refractivity contribution in [3.8, 4) is 0 Å². The van der Waals surface area contributed by atoms with Crippen LogP contribution in [0.3, 0.4) is 0 Å². The highest BCUT2D eigenvalue weighted by Crippen LogP contribution is 2.46. The molecule has 5 nitrogen and oxygen atoms in total. The van der Waals surface area contributed by atoms with E-state index in [2.05, 4.69) is 24.3 Å². The number of piperidine rings is 2. The summed E-state index contributed by atoms with van der Waals surface area (Å²) in [6.45, 7) is 2.51. The topological polar surface area (TPSA) is 57.7 Å². The lowest BCUT2D eigenvalue weighted by Crippen LogP contribution is -2.49. The fraction of sp³-hybridized carbons (Fsp3) is 0.522. The number of sulfonamides is 1. The predicted molar refractivity (Wildman–Crippen MR) is 118 cm³/mol. The molecular weight excluding hydrogens is 416 g/mol. The Morgan fingerprint density at radius 3 is 2.40 bits per heavy atom. The van der Waals surface area contributed by atoms with Crippen LogP contribution in [0.15, 0.2) is 46.0 Å². The molecular formula is C23H28N2O3S2. The lowest BCUT2D eigenvalue weighted by Gasteiger charge is -2.42. The monoisotopic (exact) mass is 444 g/mol. The van der Waals surface area contributed by atoms with Crippen LogP contribution < -0.4 is 0 Å². The number of rotatable bonds is 3. The third kappa shape index (κ3) is 3.41. The lowest BCUT2D eigenvalue weighted by atomic mass is 9.73. The molecule has 0 saturated carbocycles. The maximum absolute atomic E-state index is 13.1. The van der Waals surface area contributed by atoms with Crippen LogP contribution in [0.1, 0.15) is 43.2 Å². The van der Waals surface area contributed by atoms with Crippen molar-refractivity contribution in [2.75, 3.05) is 26.2 Å². The number of amides is 1. The number of hydrogen-bond acceptors (Lipinski definition) is 4. The summed E-state index contributed by atoms with van der Waals surface area (Å²) in [5, 5.41) is 1.79. The number of likely N-dealkylation sites (tertiary alicyclic amines) is 1. The van der Waals surface area contributed by atoms with Gasteiger partial charge in [0, 0.05) is 32.1 Å². The quantitative estimate of drug-likeness (QED) is 0.726. The molecule has 7 heteroatoms. The van der Waals surface area contributed by atoms with E-state index in [1.54, 1.807) is 21.8 Å². The molecule has 1 amide bonds. The Labute approximate surface area is 182 Å². The lowest BCUT2D eigenvalue weighted by molar-refractivity contribution is -0.138. The van der Waals surface area contributed by atoms with Gasteiger partial charge in [0.05, 0.1) is 0 Å². The van der Waals surface area contributed by atoms with Gasteiger partial charge >= 0.3 is 0 Å². The van der Waals surface area contributed by atoms with Crippen molar-refractivity contribution in [2.24, 2.45) is 5.92 Å². The summed E-state index contributed by atoms with van der Waals surface area (Å²) in [4.78, 5) is 15.2. The molecule has 0 atom stereocenters. The number of carbonyl (C=O) groups is 1. The van der Waals surface area contributed by atoms with Gasteiger partial charge in [-0.1, -0.05) is 30.3 Å². The van der Waals surface area contributed by atoms with Crippen LogP contribution in [0.2, 0.25) is 0 Å². The van der Waals surface area contributed by atoms with Gasteiger partial charge in [0.25, 0.3) is 10.0 Å². The zero-order valence-electron chi connectivity index (χ0n) is 17.1. The van der Waals surface area contributed by atoms with E-state index >= 15 is 0 Å². The van der Waals surface area contributed by atoms with Crippen LogP contribution in [0.25, 0.3) is 0 Å². The third-order valence-corrected chi connectivity index (χ3v) is 10.7. The van der Waals surface area contributed by atoms with Crippen molar-refractivity contribution in [3.05, 3.63) is 52.9 Å². The highest BCUT2D eigenvalue weighted by molar-refractivity contribution is 7.91. The molecule has 0 unspecified atom stereocenters. The van der Waals surface area contributed by atoms with Gasteiger partial charge in [-0.3, -0.25) is 4.79 Å². The molecule has 0 bridgehead atoms. The molecule has 2 aliphatic heterocycles. The van der Waals surface area contributed by atoms with Crippen LogP contribution in [0.5, 0.6) is 0 Å². The van der Waals surface area contributed by atoms with E-state index in [1.807, 2.05) is 4.90 Å². The fourth-order valence-corrected chi connectivity index (χ4v) is 8.19. The Morgan fingerprint density at radius 2 is 1.70 bits per heavy atom. The number of hydrogen-bond donors (Lipinski definition) is 0. The summed E-state index contributed by atoms with van der Waals surface area (Å²) < 4.78 is 27.4. The van der Waals surface area contributed by atoms with Crippen molar-refractivity contribution in [2.45, 2.75) is 48.1 Å². The second-order valence-electron chi connectivity index (χ2n) is 8.87. The van der Waals surface area contributed by atoms with Crippen molar-refractivity contribution >= 4 is 27.3 Å². The SMILES string of the molecule is O=C(C1CCN(S(=O)(=O)c2cccs2)CC1)N1CCC2(CCc3ccccc32)CC1. The van der Waals surface area contributed by atoms with Crippen LogP contribution in [0.4, 0.5) is 0 Å². The zero-order chi connectivity index (χ0) is 20.8.